The molecule has 0 bridgehead atoms. The van der Waals surface area contributed by atoms with Crippen molar-refractivity contribution in [2.45, 2.75) is 5.54 Å². The molecule has 0 spiro atoms. The van der Waals surface area contributed by atoms with Gasteiger partial charge in [0.05, 0.1) is 36.7 Å². The number of aromatic nitrogens is 2. The Labute approximate surface area is 117 Å². The maximum Gasteiger partial charge on any atom is 0.0886 e. The summed E-state index contributed by atoms with van der Waals surface area (Å²) >= 11 is 0. The third-order valence-corrected chi connectivity index (χ3v) is 2.54. The smallest absolute Gasteiger partial charge is 0.0886 e. The average molecular weight is 277 g/mol. The standard InChI is InChI=1S/C10H8N2.C4H11NO3/c1-3-7-11-9(5-1)10-6-2-4-8-12-10;5-4(1-6,2-7)3-8/h1-8H;6-8H,1-3,5H2. The molecule has 0 amide bonds. The molecule has 5 N–H and O–H groups in total. The van der Waals surface area contributed by atoms with Gasteiger partial charge in [-0.25, -0.2) is 0 Å². The fourth-order valence-electron chi connectivity index (χ4n) is 1.18. The summed E-state index contributed by atoms with van der Waals surface area (Å²) < 4.78 is 0. The molecule has 0 aliphatic heterocycles. The minimum Gasteiger partial charge on any atom is -0.394 e. The Morgan fingerprint density at radius 3 is 1.40 bits per heavy atom. The zero-order valence-electron chi connectivity index (χ0n) is 11.1. The lowest BCUT2D eigenvalue weighted by Crippen LogP contribution is -2.50. The predicted molar refractivity (Wildman–Crippen MR) is 75.6 cm³/mol. The first-order chi connectivity index (χ1) is 9.65. The maximum absolute atomic E-state index is 8.34. The molecule has 2 heterocycles. The monoisotopic (exact) mass is 277 g/mol. The average Bonchev–Trinajstić information content (AvgIpc) is 2.56. The van der Waals surface area contributed by atoms with E-state index in [0.29, 0.717) is 0 Å². The van der Waals surface area contributed by atoms with Crippen molar-refractivity contribution >= 4 is 0 Å². The van der Waals surface area contributed by atoms with Crippen LogP contribution in [0.2, 0.25) is 0 Å². The molecule has 0 aromatic carbocycles. The minimum absolute atomic E-state index is 0.403. The van der Waals surface area contributed by atoms with Crippen LogP contribution in [0.5, 0.6) is 0 Å². The van der Waals surface area contributed by atoms with Gasteiger partial charge < -0.3 is 21.1 Å². The van der Waals surface area contributed by atoms with Gasteiger partial charge in [-0.1, -0.05) is 12.1 Å². The highest BCUT2D eigenvalue weighted by atomic mass is 16.3. The maximum atomic E-state index is 8.34. The van der Waals surface area contributed by atoms with Crippen molar-refractivity contribution in [2.24, 2.45) is 5.73 Å². The number of pyridine rings is 2. The van der Waals surface area contributed by atoms with Gasteiger partial charge in [-0.3, -0.25) is 9.97 Å². The van der Waals surface area contributed by atoms with Crippen molar-refractivity contribution in [2.75, 3.05) is 19.8 Å². The van der Waals surface area contributed by atoms with Crippen LogP contribution in [0, 0.1) is 0 Å². The van der Waals surface area contributed by atoms with Gasteiger partial charge in [0.1, 0.15) is 0 Å². The van der Waals surface area contributed by atoms with Crippen molar-refractivity contribution in [3.8, 4) is 11.4 Å². The molecule has 0 aliphatic carbocycles. The molecule has 2 rings (SSSR count). The zero-order valence-corrected chi connectivity index (χ0v) is 11.1. The summed E-state index contributed by atoms with van der Waals surface area (Å²) in [6.45, 7) is -1.21. The van der Waals surface area contributed by atoms with Gasteiger partial charge in [0.15, 0.2) is 0 Å². The molecular formula is C14H19N3O3. The first-order valence-corrected chi connectivity index (χ1v) is 6.09. The lowest BCUT2D eigenvalue weighted by molar-refractivity contribution is 0.0698. The lowest BCUT2D eigenvalue weighted by Gasteiger charge is -2.20. The second-order valence-electron chi connectivity index (χ2n) is 4.27. The van der Waals surface area contributed by atoms with E-state index < -0.39 is 25.4 Å². The Morgan fingerprint density at radius 1 is 0.800 bits per heavy atom. The molecule has 6 heteroatoms. The minimum atomic E-state index is -1.21. The van der Waals surface area contributed by atoms with Crippen molar-refractivity contribution in [1.82, 2.24) is 9.97 Å². The van der Waals surface area contributed by atoms with Crippen LogP contribution in [0.3, 0.4) is 0 Å². The normalized spacial score (nSPS) is 10.6. The van der Waals surface area contributed by atoms with Crippen LogP contribution in [0.4, 0.5) is 0 Å². The number of hydrogen-bond donors (Lipinski definition) is 4. The lowest BCUT2D eigenvalue weighted by atomic mass is 10.1. The van der Waals surface area contributed by atoms with Crippen LogP contribution in [0.25, 0.3) is 11.4 Å². The van der Waals surface area contributed by atoms with Gasteiger partial charge in [0, 0.05) is 12.4 Å². The third-order valence-electron chi connectivity index (χ3n) is 2.54. The number of aliphatic hydroxyl groups is 3. The number of rotatable bonds is 4. The second-order valence-corrected chi connectivity index (χ2v) is 4.27. The summed E-state index contributed by atoms with van der Waals surface area (Å²) in [6.07, 6.45) is 3.54. The van der Waals surface area contributed by atoms with Crippen LogP contribution < -0.4 is 5.73 Å². The van der Waals surface area contributed by atoms with E-state index in [-0.39, 0.29) is 0 Å². The highest BCUT2D eigenvalue weighted by molar-refractivity contribution is 5.52. The Hall–Kier alpha value is -1.86. The topological polar surface area (TPSA) is 112 Å². The molecule has 2 aromatic rings. The first kappa shape index (κ1) is 16.2. The Bertz CT molecular complexity index is 430. The van der Waals surface area contributed by atoms with Crippen LogP contribution in [-0.4, -0.2) is 50.6 Å². The fourth-order valence-corrected chi connectivity index (χ4v) is 1.18. The quantitative estimate of drug-likeness (QED) is 0.616. The predicted octanol–water partition coefficient (Wildman–Crippen LogP) is -0.196. The number of nitrogens with zero attached hydrogens (tertiary/aromatic N) is 2. The Morgan fingerprint density at radius 2 is 1.20 bits per heavy atom. The second kappa shape index (κ2) is 8.34. The summed E-state index contributed by atoms with van der Waals surface area (Å²) in [5, 5.41) is 25.0. The molecule has 2 aromatic heterocycles. The van der Waals surface area contributed by atoms with Crippen molar-refractivity contribution < 1.29 is 15.3 Å². The van der Waals surface area contributed by atoms with E-state index in [1.165, 1.54) is 0 Å². The van der Waals surface area contributed by atoms with Crippen LogP contribution in [-0.2, 0) is 0 Å². The number of hydrogen-bond acceptors (Lipinski definition) is 6. The van der Waals surface area contributed by atoms with Crippen LogP contribution >= 0.6 is 0 Å². The van der Waals surface area contributed by atoms with Crippen molar-refractivity contribution in [3.05, 3.63) is 48.8 Å². The number of nitrogens with two attached hydrogens (primary N) is 1. The molecule has 0 radical (unpaired) electrons. The van der Waals surface area contributed by atoms with Gasteiger partial charge in [0.25, 0.3) is 0 Å². The van der Waals surface area contributed by atoms with Crippen LogP contribution in [0.1, 0.15) is 0 Å². The summed E-state index contributed by atoms with van der Waals surface area (Å²) in [5.74, 6) is 0. The van der Waals surface area contributed by atoms with E-state index in [0.717, 1.165) is 11.4 Å². The highest BCUT2D eigenvalue weighted by Crippen LogP contribution is 2.10. The third kappa shape index (κ3) is 5.02. The van der Waals surface area contributed by atoms with Gasteiger partial charge in [-0.2, -0.15) is 0 Å². The van der Waals surface area contributed by atoms with Crippen molar-refractivity contribution in [1.29, 1.82) is 0 Å². The summed E-state index contributed by atoms with van der Waals surface area (Å²) in [7, 11) is 0. The number of aliphatic hydroxyl groups excluding tert-OH is 3. The highest BCUT2D eigenvalue weighted by Gasteiger charge is 2.20. The molecule has 0 saturated carbocycles. The fraction of sp³-hybridized carbons (Fsp3) is 0.286. The summed E-state index contributed by atoms with van der Waals surface area (Å²) in [6, 6.07) is 11.6. The summed E-state index contributed by atoms with van der Waals surface area (Å²) in [5.41, 5.74) is 5.77. The molecule has 0 fully saturated rings. The van der Waals surface area contributed by atoms with E-state index in [1.54, 1.807) is 12.4 Å². The van der Waals surface area contributed by atoms with E-state index in [2.05, 4.69) is 9.97 Å². The van der Waals surface area contributed by atoms with Gasteiger partial charge in [0.2, 0.25) is 0 Å². The van der Waals surface area contributed by atoms with E-state index in [1.807, 2.05) is 36.4 Å². The molecule has 0 saturated heterocycles. The summed E-state index contributed by atoms with van der Waals surface area (Å²) in [4.78, 5) is 8.37. The van der Waals surface area contributed by atoms with Gasteiger partial charge in [-0.05, 0) is 24.3 Å². The molecule has 0 atom stereocenters. The van der Waals surface area contributed by atoms with E-state index >= 15 is 0 Å². The van der Waals surface area contributed by atoms with Gasteiger partial charge in [-0.15, -0.1) is 0 Å². The molecule has 6 nitrogen and oxygen atoms in total. The van der Waals surface area contributed by atoms with Crippen molar-refractivity contribution in [3.63, 3.8) is 0 Å². The first-order valence-electron chi connectivity index (χ1n) is 6.09. The van der Waals surface area contributed by atoms with Gasteiger partial charge >= 0.3 is 0 Å². The molecule has 20 heavy (non-hydrogen) atoms. The van der Waals surface area contributed by atoms with E-state index in [4.69, 9.17) is 21.1 Å². The molecule has 0 aliphatic rings. The molecular weight excluding hydrogens is 258 g/mol. The largest absolute Gasteiger partial charge is 0.394 e. The molecule has 108 valence electrons. The zero-order chi connectivity index (χ0) is 14.8. The van der Waals surface area contributed by atoms with Crippen LogP contribution in [0.15, 0.2) is 48.8 Å². The Kier molecular flexibility index (Phi) is 6.75. The Balaban J connectivity index is 0.000000221. The van der Waals surface area contributed by atoms with E-state index in [9.17, 15) is 0 Å². The molecule has 0 unspecified atom stereocenters. The SMILES string of the molecule is NC(CO)(CO)CO.c1ccc(-c2ccccn2)nc1.